The van der Waals surface area contributed by atoms with E-state index in [4.69, 9.17) is 0 Å². The second-order valence-electron chi connectivity index (χ2n) is 4.58. The van der Waals surface area contributed by atoms with Gasteiger partial charge >= 0.3 is 0 Å². The van der Waals surface area contributed by atoms with Crippen LogP contribution in [-0.2, 0) is 10.8 Å². The topological polar surface area (TPSA) is 29.1 Å². The lowest BCUT2D eigenvalue weighted by molar-refractivity contribution is 0.505. The molecule has 19 heavy (non-hydrogen) atoms. The molecule has 0 spiro atoms. The van der Waals surface area contributed by atoms with E-state index in [2.05, 4.69) is 19.2 Å². The maximum atomic E-state index is 13.0. The summed E-state index contributed by atoms with van der Waals surface area (Å²) in [4.78, 5) is 0.360. The van der Waals surface area contributed by atoms with Crippen LogP contribution in [0.15, 0.2) is 23.1 Å². The number of benzene rings is 1. The van der Waals surface area contributed by atoms with Crippen molar-refractivity contribution in [3.63, 3.8) is 0 Å². The summed E-state index contributed by atoms with van der Waals surface area (Å²) in [6.07, 6.45) is 2.83. The molecule has 2 nitrogen and oxygen atoms in total. The Balaban J connectivity index is 2.33. The lowest BCUT2D eigenvalue weighted by atomic mass is 10.1. The van der Waals surface area contributed by atoms with Crippen LogP contribution in [-0.4, -0.2) is 22.5 Å². The first-order valence-corrected chi connectivity index (χ1v) is 7.93. The fraction of sp³-hybridized carbons (Fsp3) is 0.571. The van der Waals surface area contributed by atoms with Crippen molar-refractivity contribution in [3.8, 4) is 0 Å². The summed E-state index contributed by atoms with van der Waals surface area (Å²) >= 11 is 0. The summed E-state index contributed by atoms with van der Waals surface area (Å²) in [5.41, 5.74) is 0. The molecule has 0 saturated heterocycles. The zero-order chi connectivity index (χ0) is 14.3. The van der Waals surface area contributed by atoms with Gasteiger partial charge in [-0.2, -0.15) is 0 Å². The maximum Gasteiger partial charge on any atom is 0.160 e. The molecule has 1 rings (SSSR count). The Labute approximate surface area is 116 Å². The molecule has 1 aromatic rings. The minimum atomic E-state index is -1.25. The molecule has 1 aromatic carbocycles. The molecule has 0 aromatic heterocycles. The second kappa shape index (κ2) is 8.38. The van der Waals surface area contributed by atoms with Crippen molar-refractivity contribution < 1.29 is 13.0 Å². The van der Waals surface area contributed by atoms with Crippen molar-refractivity contribution in [1.29, 1.82) is 0 Å². The first kappa shape index (κ1) is 16.2. The van der Waals surface area contributed by atoms with Gasteiger partial charge in [-0.25, -0.2) is 8.78 Å². The summed E-state index contributed by atoms with van der Waals surface area (Å²) in [5, 5.41) is 3.31. The van der Waals surface area contributed by atoms with Gasteiger partial charge in [-0.15, -0.1) is 0 Å². The van der Waals surface area contributed by atoms with Gasteiger partial charge in [0.2, 0.25) is 0 Å². The molecular weight excluding hydrogens is 268 g/mol. The summed E-state index contributed by atoms with van der Waals surface area (Å²) in [5.74, 6) is -1.35. The van der Waals surface area contributed by atoms with Crippen LogP contribution < -0.4 is 5.32 Å². The van der Waals surface area contributed by atoms with Crippen molar-refractivity contribution >= 4 is 10.8 Å². The van der Waals surface area contributed by atoms with Crippen molar-refractivity contribution in [1.82, 2.24) is 5.32 Å². The first-order chi connectivity index (χ1) is 9.04. The van der Waals surface area contributed by atoms with E-state index in [0.29, 0.717) is 16.7 Å². The van der Waals surface area contributed by atoms with Crippen molar-refractivity contribution in [2.75, 3.05) is 12.3 Å². The van der Waals surface area contributed by atoms with Gasteiger partial charge in [0.05, 0.1) is 10.8 Å². The third-order valence-electron chi connectivity index (χ3n) is 2.92. The number of hydrogen-bond donors (Lipinski definition) is 1. The van der Waals surface area contributed by atoms with Gasteiger partial charge in [0.1, 0.15) is 0 Å². The molecule has 0 bridgehead atoms. The summed E-state index contributed by atoms with van der Waals surface area (Å²) in [7, 11) is -1.25. The molecule has 0 heterocycles. The van der Waals surface area contributed by atoms with Crippen molar-refractivity contribution in [3.05, 3.63) is 29.8 Å². The van der Waals surface area contributed by atoms with Gasteiger partial charge in [-0.3, -0.25) is 4.21 Å². The van der Waals surface area contributed by atoms with Gasteiger partial charge < -0.3 is 5.32 Å². The fourth-order valence-electron chi connectivity index (χ4n) is 1.87. The van der Waals surface area contributed by atoms with Crippen LogP contribution in [0.5, 0.6) is 0 Å². The van der Waals surface area contributed by atoms with E-state index in [1.54, 1.807) is 0 Å². The Morgan fingerprint density at radius 1 is 1.26 bits per heavy atom. The molecule has 108 valence electrons. The largest absolute Gasteiger partial charge is 0.315 e. The predicted octanol–water partition coefficient (Wildman–Crippen LogP) is 3.24. The van der Waals surface area contributed by atoms with Crippen molar-refractivity contribution in [2.45, 2.75) is 44.0 Å². The number of rotatable bonds is 8. The monoisotopic (exact) mass is 289 g/mol. The van der Waals surface area contributed by atoms with Crippen LogP contribution >= 0.6 is 0 Å². The summed E-state index contributed by atoms with van der Waals surface area (Å²) in [6.45, 7) is 5.13. The third kappa shape index (κ3) is 5.78. The minimum Gasteiger partial charge on any atom is -0.315 e. The van der Waals surface area contributed by atoms with Gasteiger partial charge in [-0.05, 0) is 44.5 Å². The van der Waals surface area contributed by atoms with Gasteiger partial charge in [0.15, 0.2) is 11.6 Å². The lowest BCUT2D eigenvalue weighted by Crippen LogP contribution is -2.25. The summed E-state index contributed by atoms with van der Waals surface area (Å²) in [6, 6.07) is 3.89. The van der Waals surface area contributed by atoms with Crippen LogP contribution in [0.2, 0.25) is 0 Å². The Kier molecular flexibility index (Phi) is 7.16. The molecule has 0 aliphatic heterocycles. The second-order valence-corrected chi connectivity index (χ2v) is 6.15. The van der Waals surface area contributed by atoms with Crippen LogP contribution in [0.3, 0.4) is 0 Å². The highest BCUT2D eigenvalue weighted by atomic mass is 32.2. The zero-order valence-electron chi connectivity index (χ0n) is 11.4. The molecule has 2 unspecified atom stereocenters. The predicted molar refractivity (Wildman–Crippen MR) is 74.6 cm³/mol. The van der Waals surface area contributed by atoms with E-state index in [1.165, 1.54) is 6.07 Å². The van der Waals surface area contributed by atoms with E-state index in [0.717, 1.165) is 37.9 Å². The molecule has 0 fully saturated rings. The lowest BCUT2D eigenvalue weighted by Gasteiger charge is -2.11. The van der Waals surface area contributed by atoms with E-state index in [9.17, 15) is 13.0 Å². The SMILES string of the molecule is CCNC(C)CCCCS(=O)c1ccc(F)c(F)c1. The van der Waals surface area contributed by atoms with E-state index >= 15 is 0 Å². The minimum absolute atomic E-state index is 0.360. The third-order valence-corrected chi connectivity index (χ3v) is 4.36. The average Bonchev–Trinajstić information content (AvgIpc) is 2.38. The molecule has 0 amide bonds. The van der Waals surface area contributed by atoms with Gasteiger partial charge in [0.25, 0.3) is 0 Å². The van der Waals surface area contributed by atoms with Crippen LogP contribution in [0.25, 0.3) is 0 Å². The van der Waals surface area contributed by atoms with Crippen LogP contribution in [0.1, 0.15) is 33.1 Å². The molecule has 0 radical (unpaired) electrons. The normalized spacial score (nSPS) is 14.3. The quantitative estimate of drug-likeness (QED) is 0.744. The van der Waals surface area contributed by atoms with E-state index < -0.39 is 22.4 Å². The smallest absolute Gasteiger partial charge is 0.160 e. The Morgan fingerprint density at radius 3 is 2.63 bits per heavy atom. The standard InChI is InChI=1S/C14H21F2NOS/c1-3-17-11(2)6-4-5-9-19(18)12-7-8-13(15)14(16)10-12/h7-8,10-11,17H,3-6,9H2,1-2H3. The summed E-state index contributed by atoms with van der Waals surface area (Å²) < 4.78 is 37.6. The van der Waals surface area contributed by atoms with Crippen molar-refractivity contribution in [2.24, 2.45) is 0 Å². The maximum absolute atomic E-state index is 13.0. The first-order valence-electron chi connectivity index (χ1n) is 6.61. The van der Waals surface area contributed by atoms with Gasteiger partial charge in [0, 0.05) is 16.7 Å². The van der Waals surface area contributed by atoms with E-state index in [-0.39, 0.29) is 0 Å². The zero-order valence-corrected chi connectivity index (χ0v) is 12.2. The fourth-order valence-corrected chi connectivity index (χ4v) is 3.03. The molecule has 0 saturated carbocycles. The number of hydrogen-bond acceptors (Lipinski definition) is 2. The van der Waals surface area contributed by atoms with E-state index in [1.807, 2.05) is 0 Å². The molecule has 1 N–H and O–H groups in total. The Bertz CT molecular complexity index is 426. The van der Waals surface area contributed by atoms with Gasteiger partial charge in [-0.1, -0.05) is 13.3 Å². The number of halogens is 2. The molecule has 2 atom stereocenters. The Hall–Kier alpha value is -0.810. The van der Waals surface area contributed by atoms with Crippen LogP contribution in [0, 0.1) is 11.6 Å². The molecular formula is C14H21F2NOS. The average molecular weight is 289 g/mol. The number of unbranched alkanes of at least 4 members (excludes halogenated alkanes) is 1. The van der Waals surface area contributed by atoms with Crippen LogP contribution in [0.4, 0.5) is 8.78 Å². The molecule has 5 heteroatoms. The molecule has 0 aliphatic carbocycles. The Morgan fingerprint density at radius 2 is 2.00 bits per heavy atom. The highest BCUT2D eigenvalue weighted by Crippen LogP contribution is 2.14. The highest BCUT2D eigenvalue weighted by Gasteiger charge is 2.08. The number of nitrogens with one attached hydrogen (secondary N) is 1. The highest BCUT2D eigenvalue weighted by molar-refractivity contribution is 7.85. The molecule has 0 aliphatic rings.